The van der Waals surface area contributed by atoms with Gasteiger partial charge in [-0.05, 0) is 122 Å². The van der Waals surface area contributed by atoms with E-state index in [-0.39, 0.29) is 0 Å². The number of allylic oxidation sites excluding steroid dienone is 4. The Morgan fingerprint density at radius 3 is 1.53 bits per heavy atom. The third-order valence-corrected chi connectivity index (χ3v) is 10.3. The maximum atomic E-state index is 3.32. The first kappa shape index (κ1) is 31.6. The monoisotopic (exact) mass is 612 g/mol. The molecule has 45 heavy (non-hydrogen) atoms. The maximum Gasteiger partial charge on any atom is 0.0450 e. The van der Waals surface area contributed by atoms with E-state index in [1.165, 1.54) is 16.7 Å². The van der Waals surface area contributed by atoms with Crippen molar-refractivity contribution in [2.24, 2.45) is 0 Å². The third kappa shape index (κ3) is 10.4. The fraction of sp³-hybridized carbons (Fsp3) is 0.163. The van der Waals surface area contributed by atoms with Gasteiger partial charge < -0.3 is 0 Å². The SMILES string of the molecule is Cc1cc(C#Cc2ccc(SCC[Si](C)(C)C)cc2)ccc1C#Cc1ccc(C#Cc2ccc(C#CC3=CC=CC3)cc2)cc1. The van der Waals surface area contributed by atoms with E-state index in [1.54, 1.807) is 0 Å². The molecule has 0 aromatic heterocycles. The molecular weight excluding hydrogens is 577 g/mol. The molecule has 5 rings (SSSR count). The Balaban J connectivity index is 1.15. The van der Waals surface area contributed by atoms with Crippen molar-refractivity contribution in [3.8, 4) is 47.4 Å². The molecule has 0 atom stereocenters. The second-order valence-corrected chi connectivity index (χ2v) is 19.0. The number of hydrogen-bond donors (Lipinski definition) is 0. The van der Waals surface area contributed by atoms with Crippen LogP contribution in [0.15, 0.2) is 120 Å². The second-order valence-electron chi connectivity index (χ2n) is 12.2. The van der Waals surface area contributed by atoms with Gasteiger partial charge in [-0.2, -0.15) is 0 Å². The number of thioether (sulfide) groups is 1. The predicted molar refractivity (Wildman–Crippen MR) is 196 cm³/mol. The Morgan fingerprint density at radius 2 is 1.04 bits per heavy atom. The van der Waals surface area contributed by atoms with Crippen molar-refractivity contribution in [2.45, 2.75) is 43.9 Å². The van der Waals surface area contributed by atoms with Crippen LogP contribution in [0.25, 0.3) is 0 Å². The molecule has 0 spiro atoms. The highest BCUT2D eigenvalue weighted by Gasteiger charge is 2.12. The van der Waals surface area contributed by atoms with Gasteiger partial charge in [0.25, 0.3) is 0 Å². The topological polar surface area (TPSA) is 0 Å². The summed E-state index contributed by atoms with van der Waals surface area (Å²) in [4.78, 5) is 1.32. The Morgan fingerprint density at radius 1 is 0.578 bits per heavy atom. The zero-order valence-electron chi connectivity index (χ0n) is 26.4. The molecular formula is C43H36SSi. The van der Waals surface area contributed by atoms with Crippen molar-refractivity contribution in [1.82, 2.24) is 0 Å². The third-order valence-electron chi connectivity index (χ3n) is 7.15. The van der Waals surface area contributed by atoms with Crippen LogP contribution in [0, 0.1) is 54.3 Å². The van der Waals surface area contributed by atoms with E-state index in [4.69, 9.17) is 0 Å². The van der Waals surface area contributed by atoms with Crippen molar-refractivity contribution in [1.29, 1.82) is 0 Å². The van der Waals surface area contributed by atoms with Gasteiger partial charge in [0, 0.05) is 57.5 Å². The van der Waals surface area contributed by atoms with Gasteiger partial charge in [0.15, 0.2) is 0 Å². The molecule has 1 aliphatic carbocycles. The highest BCUT2D eigenvalue weighted by atomic mass is 32.2. The molecule has 0 saturated heterocycles. The summed E-state index contributed by atoms with van der Waals surface area (Å²) < 4.78 is 0. The first-order valence-corrected chi connectivity index (χ1v) is 20.0. The number of benzene rings is 4. The van der Waals surface area contributed by atoms with E-state index < -0.39 is 8.07 Å². The van der Waals surface area contributed by atoms with Crippen molar-refractivity contribution in [2.75, 3.05) is 5.75 Å². The van der Waals surface area contributed by atoms with Gasteiger partial charge >= 0.3 is 0 Å². The highest BCUT2D eigenvalue weighted by Crippen LogP contribution is 2.22. The van der Waals surface area contributed by atoms with Gasteiger partial charge in [-0.3, -0.25) is 0 Å². The quantitative estimate of drug-likeness (QED) is 0.126. The minimum atomic E-state index is -0.985. The van der Waals surface area contributed by atoms with Crippen LogP contribution in [-0.2, 0) is 0 Å². The summed E-state index contributed by atoms with van der Waals surface area (Å²) >= 11 is 1.94. The summed E-state index contributed by atoms with van der Waals surface area (Å²) in [6, 6.07) is 32.3. The van der Waals surface area contributed by atoms with Crippen LogP contribution in [0.5, 0.6) is 0 Å². The fourth-order valence-electron chi connectivity index (χ4n) is 4.39. The maximum absolute atomic E-state index is 3.32. The lowest BCUT2D eigenvalue weighted by atomic mass is 10.0. The molecule has 0 aliphatic heterocycles. The van der Waals surface area contributed by atoms with Gasteiger partial charge in [0.1, 0.15) is 0 Å². The average Bonchev–Trinajstić information content (AvgIpc) is 3.56. The Kier molecular flexibility index (Phi) is 10.7. The molecule has 0 unspecified atom stereocenters. The first-order chi connectivity index (χ1) is 21.8. The molecule has 0 nitrogen and oxygen atoms in total. The lowest BCUT2D eigenvalue weighted by molar-refractivity contribution is 1.35. The standard InChI is InChI=1S/C43H36SSi/c1-34-33-41(22-21-40-25-29-43(30-26-40)44-31-32-45(2,3)4)24-28-42(34)27-23-39-19-17-38(18-20-39)16-15-37-13-11-36(12-14-37)10-9-35-7-5-6-8-35/h5-7,11-14,17-20,24-26,28-30,33H,8,31-32H2,1-4H3. The fourth-order valence-corrected chi connectivity index (χ4v) is 7.81. The molecule has 4 aromatic rings. The minimum absolute atomic E-state index is 0.929. The molecule has 218 valence electrons. The van der Waals surface area contributed by atoms with Crippen molar-refractivity contribution >= 4 is 19.8 Å². The summed E-state index contributed by atoms with van der Waals surface area (Å²) in [5.41, 5.74) is 9.20. The molecule has 1 aliphatic rings. The molecule has 0 saturated carbocycles. The van der Waals surface area contributed by atoms with Gasteiger partial charge in [0.2, 0.25) is 0 Å². The van der Waals surface area contributed by atoms with Crippen LogP contribution in [0.4, 0.5) is 0 Å². The summed E-state index contributed by atoms with van der Waals surface area (Å²) in [7, 11) is -0.985. The van der Waals surface area contributed by atoms with Crippen LogP contribution >= 0.6 is 11.8 Å². The van der Waals surface area contributed by atoms with Crippen molar-refractivity contribution in [3.63, 3.8) is 0 Å². The van der Waals surface area contributed by atoms with Gasteiger partial charge in [0.05, 0.1) is 0 Å². The van der Waals surface area contributed by atoms with E-state index in [0.29, 0.717) is 0 Å². The molecule has 0 amide bonds. The summed E-state index contributed by atoms with van der Waals surface area (Å²) in [5, 5.41) is 0. The Labute approximate surface area is 275 Å². The van der Waals surface area contributed by atoms with Crippen LogP contribution < -0.4 is 0 Å². The molecule has 0 bridgehead atoms. The van der Waals surface area contributed by atoms with Crippen molar-refractivity contribution < 1.29 is 0 Å². The second kappa shape index (κ2) is 15.2. The normalized spacial score (nSPS) is 11.5. The van der Waals surface area contributed by atoms with Gasteiger partial charge in [-0.25, -0.2) is 0 Å². The molecule has 0 N–H and O–H groups in total. The van der Waals surface area contributed by atoms with Crippen LogP contribution in [0.1, 0.15) is 50.9 Å². The zero-order valence-corrected chi connectivity index (χ0v) is 28.2. The largest absolute Gasteiger partial charge is 0.126 e. The van der Waals surface area contributed by atoms with Gasteiger partial charge in [-0.1, -0.05) is 85.2 Å². The molecule has 0 radical (unpaired) electrons. The van der Waals surface area contributed by atoms with E-state index >= 15 is 0 Å². The minimum Gasteiger partial charge on any atom is -0.126 e. The summed E-state index contributed by atoms with van der Waals surface area (Å²) in [6.07, 6.45) is 7.16. The first-order valence-electron chi connectivity index (χ1n) is 15.3. The lowest BCUT2D eigenvalue weighted by Gasteiger charge is -2.14. The Bertz CT molecular complexity index is 1970. The summed E-state index contributed by atoms with van der Waals surface area (Å²) in [5.74, 6) is 27.4. The van der Waals surface area contributed by atoms with E-state index in [0.717, 1.165) is 56.5 Å². The van der Waals surface area contributed by atoms with E-state index in [9.17, 15) is 0 Å². The predicted octanol–water partition coefficient (Wildman–Crippen LogP) is 9.86. The molecule has 0 heterocycles. The van der Waals surface area contributed by atoms with Crippen LogP contribution in [0.2, 0.25) is 25.7 Å². The lowest BCUT2D eigenvalue weighted by Crippen LogP contribution is -2.19. The zero-order chi connectivity index (χ0) is 31.5. The van der Waals surface area contributed by atoms with Gasteiger partial charge in [-0.15, -0.1) is 11.8 Å². The molecule has 2 heteroatoms. The van der Waals surface area contributed by atoms with Crippen LogP contribution in [0.3, 0.4) is 0 Å². The van der Waals surface area contributed by atoms with E-state index in [1.807, 2.05) is 66.4 Å². The highest BCUT2D eigenvalue weighted by molar-refractivity contribution is 7.99. The van der Waals surface area contributed by atoms with Crippen LogP contribution in [-0.4, -0.2) is 13.8 Å². The smallest absolute Gasteiger partial charge is 0.0450 e. The molecule has 4 aromatic carbocycles. The number of rotatable bonds is 4. The van der Waals surface area contributed by atoms with Crippen molar-refractivity contribution in [3.05, 3.63) is 159 Å². The summed E-state index contributed by atoms with van der Waals surface area (Å²) in [6.45, 7) is 9.37. The average molecular weight is 613 g/mol. The number of hydrogen-bond acceptors (Lipinski definition) is 1. The van der Waals surface area contributed by atoms with E-state index in [2.05, 4.69) is 129 Å². The molecule has 0 fully saturated rings. The Hall–Kier alpha value is -4.83. The number of aryl methyl sites for hydroxylation is 1.